The fraction of sp³-hybridized carbons (Fsp3) is 0.273. The molecule has 0 aliphatic heterocycles. The third-order valence-corrected chi connectivity index (χ3v) is 1.98. The number of nitrogens with one attached hydrogen (secondary N) is 1. The highest BCUT2D eigenvalue weighted by molar-refractivity contribution is 5.92. The summed E-state index contributed by atoms with van der Waals surface area (Å²) in [5.74, 6) is -0.483. The van der Waals surface area contributed by atoms with E-state index in [1.165, 1.54) is 0 Å². The number of benzene rings is 1. The lowest BCUT2D eigenvalue weighted by Crippen LogP contribution is -2.24. The Morgan fingerprint density at radius 3 is 2.33 bits per heavy atom. The molecule has 0 bridgehead atoms. The number of carbonyl (C=O) groups is 2. The normalized spacial score (nSPS) is 9.67. The van der Waals surface area contributed by atoms with Crippen LogP contribution in [0.1, 0.15) is 22.8 Å². The summed E-state index contributed by atoms with van der Waals surface area (Å²) in [6.45, 7) is 2.49. The minimum atomic E-state index is -0.459. The van der Waals surface area contributed by atoms with Gasteiger partial charge in [-0.05, 0) is 24.6 Å². The summed E-state index contributed by atoms with van der Waals surface area (Å²) in [6.07, 6.45) is 0.326. The van der Waals surface area contributed by atoms with Gasteiger partial charge in [0.05, 0.1) is 6.42 Å². The molecule has 0 radical (unpaired) electrons. The van der Waals surface area contributed by atoms with Crippen molar-refractivity contribution in [2.24, 2.45) is 5.73 Å². The van der Waals surface area contributed by atoms with Crippen molar-refractivity contribution in [1.29, 1.82) is 0 Å². The van der Waals surface area contributed by atoms with E-state index in [1.54, 1.807) is 24.3 Å². The molecule has 4 nitrogen and oxygen atoms in total. The first-order valence-electron chi connectivity index (χ1n) is 4.79. The number of amides is 2. The zero-order valence-corrected chi connectivity index (χ0v) is 8.62. The summed E-state index contributed by atoms with van der Waals surface area (Å²) < 4.78 is 0. The zero-order chi connectivity index (χ0) is 11.3. The van der Waals surface area contributed by atoms with Gasteiger partial charge in [-0.3, -0.25) is 9.59 Å². The predicted molar refractivity (Wildman–Crippen MR) is 57.3 cm³/mol. The van der Waals surface area contributed by atoms with Crippen LogP contribution < -0.4 is 11.1 Å². The Labute approximate surface area is 88.5 Å². The number of likely N-dealkylation sites (N-methyl/N-ethyl adjacent to an activating group) is 1. The molecule has 3 N–H and O–H groups in total. The summed E-state index contributed by atoms with van der Waals surface area (Å²) >= 11 is 0. The van der Waals surface area contributed by atoms with Crippen LogP contribution in [0.4, 0.5) is 0 Å². The van der Waals surface area contributed by atoms with Crippen molar-refractivity contribution in [3.8, 4) is 0 Å². The van der Waals surface area contributed by atoms with E-state index in [2.05, 4.69) is 5.32 Å². The SMILES string of the molecule is CCNC(=O)Cc1ccc(C(N)=O)cc1. The topological polar surface area (TPSA) is 72.2 Å². The molecule has 4 heteroatoms. The maximum absolute atomic E-state index is 11.2. The number of carbonyl (C=O) groups excluding carboxylic acids is 2. The summed E-state index contributed by atoms with van der Waals surface area (Å²) in [5.41, 5.74) is 6.41. The third kappa shape index (κ3) is 3.42. The average Bonchev–Trinajstić information content (AvgIpc) is 2.18. The quantitative estimate of drug-likeness (QED) is 0.751. The Morgan fingerprint density at radius 1 is 1.27 bits per heavy atom. The fourth-order valence-electron chi connectivity index (χ4n) is 1.23. The lowest BCUT2D eigenvalue weighted by Gasteiger charge is -2.02. The molecule has 0 heterocycles. The Morgan fingerprint density at radius 2 is 1.87 bits per heavy atom. The van der Waals surface area contributed by atoms with E-state index in [1.807, 2.05) is 6.92 Å². The maximum atomic E-state index is 11.2. The predicted octanol–water partition coefficient (Wildman–Crippen LogP) is 0.464. The number of primary amides is 1. The Hall–Kier alpha value is -1.84. The first-order valence-corrected chi connectivity index (χ1v) is 4.79. The molecule has 1 aromatic carbocycles. The number of rotatable bonds is 4. The van der Waals surface area contributed by atoms with Gasteiger partial charge in [-0.1, -0.05) is 12.1 Å². The van der Waals surface area contributed by atoms with Crippen LogP contribution in [-0.2, 0) is 11.2 Å². The summed E-state index contributed by atoms with van der Waals surface area (Å²) in [6, 6.07) is 6.71. The van der Waals surface area contributed by atoms with E-state index in [4.69, 9.17) is 5.73 Å². The van der Waals surface area contributed by atoms with Gasteiger partial charge in [0.2, 0.25) is 11.8 Å². The highest BCUT2D eigenvalue weighted by Gasteiger charge is 2.03. The molecule has 0 aliphatic rings. The number of nitrogens with two attached hydrogens (primary N) is 1. The second-order valence-electron chi connectivity index (χ2n) is 3.19. The molecule has 0 aliphatic carbocycles. The molecule has 15 heavy (non-hydrogen) atoms. The van der Waals surface area contributed by atoms with Crippen LogP contribution in [-0.4, -0.2) is 18.4 Å². The lowest BCUT2D eigenvalue weighted by atomic mass is 10.1. The molecule has 0 unspecified atom stereocenters. The molecule has 1 aromatic rings. The van der Waals surface area contributed by atoms with Crippen molar-refractivity contribution in [3.05, 3.63) is 35.4 Å². The Balaban J connectivity index is 2.64. The third-order valence-electron chi connectivity index (χ3n) is 1.98. The van der Waals surface area contributed by atoms with Gasteiger partial charge in [-0.25, -0.2) is 0 Å². The van der Waals surface area contributed by atoms with Crippen LogP contribution in [0.3, 0.4) is 0 Å². The highest BCUT2D eigenvalue weighted by atomic mass is 16.1. The molecule has 0 aromatic heterocycles. The molecule has 0 saturated carbocycles. The summed E-state index contributed by atoms with van der Waals surface area (Å²) in [5, 5.41) is 2.70. The number of hydrogen-bond donors (Lipinski definition) is 2. The van der Waals surface area contributed by atoms with Crippen molar-refractivity contribution in [3.63, 3.8) is 0 Å². The van der Waals surface area contributed by atoms with Gasteiger partial charge in [-0.2, -0.15) is 0 Å². The second-order valence-corrected chi connectivity index (χ2v) is 3.19. The zero-order valence-electron chi connectivity index (χ0n) is 8.62. The second kappa shape index (κ2) is 5.14. The molecule has 0 fully saturated rings. The molecule has 2 amide bonds. The van der Waals surface area contributed by atoms with Crippen LogP contribution in [0, 0.1) is 0 Å². The van der Waals surface area contributed by atoms with Crippen LogP contribution in [0.5, 0.6) is 0 Å². The van der Waals surface area contributed by atoms with E-state index >= 15 is 0 Å². The van der Waals surface area contributed by atoms with Crippen LogP contribution in [0.2, 0.25) is 0 Å². The monoisotopic (exact) mass is 206 g/mol. The van der Waals surface area contributed by atoms with Crippen molar-refractivity contribution in [2.75, 3.05) is 6.54 Å². The first kappa shape index (κ1) is 11.2. The molecular formula is C11H14N2O2. The van der Waals surface area contributed by atoms with Crippen LogP contribution >= 0.6 is 0 Å². The van der Waals surface area contributed by atoms with E-state index < -0.39 is 5.91 Å². The highest BCUT2D eigenvalue weighted by Crippen LogP contribution is 2.04. The summed E-state index contributed by atoms with van der Waals surface area (Å²) in [4.78, 5) is 22.0. The smallest absolute Gasteiger partial charge is 0.248 e. The average molecular weight is 206 g/mol. The fourth-order valence-corrected chi connectivity index (χ4v) is 1.23. The van der Waals surface area contributed by atoms with Gasteiger partial charge in [0.15, 0.2) is 0 Å². The largest absolute Gasteiger partial charge is 0.366 e. The first-order chi connectivity index (χ1) is 7.13. The molecule has 0 atom stereocenters. The summed E-state index contributed by atoms with van der Waals surface area (Å²) in [7, 11) is 0. The van der Waals surface area contributed by atoms with Gasteiger partial charge in [-0.15, -0.1) is 0 Å². The molecule has 1 rings (SSSR count). The molecular weight excluding hydrogens is 192 g/mol. The number of hydrogen-bond acceptors (Lipinski definition) is 2. The van der Waals surface area contributed by atoms with Gasteiger partial charge >= 0.3 is 0 Å². The van der Waals surface area contributed by atoms with E-state index in [0.29, 0.717) is 18.5 Å². The van der Waals surface area contributed by atoms with Gasteiger partial charge in [0, 0.05) is 12.1 Å². The lowest BCUT2D eigenvalue weighted by molar-refractivity contribution is -0.120. The Bertz CT molecular complexity index is 357. The minimum absolute atomic E-state index is 0.0238. The molecule has 0 saturated heterocycles. The van der Waals surface area contributed by atoms with E-state index in [0.717, 1.165) is 5.56 Å². The van der Waals surface area contributed by atoms with Crippen molar-refractivity contribution in [1.82, 2.24) is 5.32 Å². The minimum Gasteiger partial charge on any atom is -0.366 e. The Kier molecular flexibility index (Phi) is 3.85. The van der Waals surface area contributed by atoms with Crippen LogP contribution in [0.15, 0.2) is 24.3 Å². The molecule has 0 spiro atoms. The molecule has 80 valence electrons. The van der Waals surface area contributed by atoms with Crippen molar-refractivity contribution < 1.29 is 9.59 Å². The maximum Gasteiger partial charge on any atom is 0.248 e. The van der Waals surface area contributed by atoms with Gasteiger partial charge < -0.3 is 11.1 Å². The van der Waals surface area contributed by atoms with Crippen molar-refractivity contribution >= 4 is 11.8 Å². The van der Waals surface area contributed by atoms with Gasteiger partial charge in [0.25, 0.3) is 0 Å². The standard InChI is InChI=1S/C11H14N2O2/c1-2-13-10(14)7-8-3-5-9(6-4-8)11(12)15/h3-6H,2,7H2,1H3,(H2,12,15)(H,13,14). The van der Waals surface area contributed by atoms with Crippen molar-refractivity contribution in [2.45, 2.75) is 13.3 Å². The van der Waals surface area contributed by atoms with Crippen LogP contribution in [0.25, 0.3) is 0 Å². The van der Waals surface area contributed by atoms with E-state index in [-0.39, 0.29) is 5.91 Å². The van der Waals surface area contributed by atoms with E-state index in [9.17, 15) is 9.59 Å². The van der Waals surface area contributed by atoms with Gasteiger partial charge in [0.1, 0.15) is 0 Å².